The average Bonchev–Trinajstić information content (AvgIpc) is 2.45. The van der Waals surface area contributed by atoms with Crippen molar-refractivity contribution in [1.82, 2.24) is 15.3 Å². The number of aromatic nitrogens is 2. The van der Waals surface area contributed by atoms with E-state index in [0.717, 1.165) is 32.8 Å². The third-order valence-corrected chi connectivity index (χ3v) is 4.22. The number of nitrogens with zero attached hydrogens (tertiary/aromatic N) is 2. The lowest BCUT2D eigenvalue weighted by Crippen LogP contribution is -2.14. The molecule has 21 heavy (non-hydrogen) atoms. The molecule has 112 valence electrons. The monoisotopic (exact) mass is 303 g/mol. The molecule has 4 nitrogen and oxygen atoms in total. The van der Waals surface area contributed by atoms with Gasteiger partial charge in [-0.25, -0.2) is 9.97 Å². The first-order chi connectivity index (χ1) is 10.0. The molecule has 1 aromatic heterocycles. The highest BCUT2D eigenvalue weighted by molar-refractivity contribution is 7.99. The minimum Gasteiger partial charge on any atom is -0.496 e. The van der Waals surface area contributed by atoms with Crippen molar-refractivity contribution in [3.8, 4) is 5.75 Å². The second kappa shape index (κ2) is 6.91. The molecular weight excluding hydrogens is 282 g/mol. The number of ether oxygens (including phenoxy) is 1. The first-order valence-corrected chi connectivity index (χ1v) is 7.71. The normalized spacial score (nSPS) is 12.2. The van der Waals surface area contributed by atoms with Gasteiger partial charge >= 0.3 is 0 Å². The van der Waals surface area contributed by atoms with E-state index in [2.05, 4.69) is 28.3 Å². The van der Waals surface area contributed by atoms with Gasteiger partial charge in [-0.2, -0.15) is 0 Å². The van der Waals surface area contributed by atoms with E-state index in [1.165, 1.54) is 0 Å². The van der Waals surface area contributed by atoms with Crippen LogP contribution in [0.25, 0.3) is 0 Å². The standard InChI is InChI=1S/C16H21N3OS/c1-10-9-11(2)19-16(18-10)21-14-8-6-7-13(20-5)15(14)12(3)17-4/h6-9,12,17H,1-5H3. The lowest BCUT2D eigenvalue weighted by molar-refractivity contribution is 0.401. The van der Waals surface area contributed by atoms with Crippen LogP contribution in [0.15, 0.2) is 34.3 Å². The highest BCUT2D eigenvalue weighted by Crippen LogP contribution is 2.37. The van der Waals surface area contributed by atoms with Crippen LogP contribution >= 0.6 is 11.8 Å². The van der Waals surface area contributed by atoms with Gasteiger partial charge in [-0.3, -0.25) is 0 Å². The first kappa shape index (κ1) is 15.8. The first-order valence-electron chi connectivity index (χ1n) is 6.89. The Hall–Kier alpha value is -1.59. The number of benzene rings is 1. The SMILES string of the molecule is CNC(C)c1c(OC)cccc1Sc1nc(C)cc(C)n1. The number of rotatable bonds is 5. The molecule has 2 rings (SSSR count). The van der Waals surface area contributed by atoms with Gasteiger partial charge in [0.05, 0.1) is 7.11 Å². The van der Waals surface area contributed by atoms with Crippen molar-refractivity contribution in [2.24, 2.45) is 0 Å². The van der Waals surface area contributed by atoms with Gasteiger partial charge in [0.15, 0.2) is 5.16 Å². The fraction of sp³-hybridized carbons (Fsp3) is 0.375. The zero-order valence-electron chi connectivity index (χ0n) is 13.1. The van der Waals surface area contributed by atoms with Crippen molar-refractivity contribution in [2.45, 2.75) is 36.9 Å². The van der Waals surface area contributed by atoms with Crippen LogP contribution in [0.3, 0.4) is 0 Å². The summed E-state index contributed by atoms with van der Waals surface area (Å²) in [5.74, 6) is 0.881. The van der Waals surface area contributed by atoms with Gasteiger partial charge in [0.1, 0.15) is 5.75 Å². The molecule has 5 heteroatoms. The summed E-state index contributed by atoms with van der Waals surface area (Å²) in [5.41, 5.74) is 3.10. The minimum atomic E-state index is 0.189. The topological polar surface area (TPSA) is 47.0 Å². The molecule has 1 N–H and O–H groups in total. The maximum absolute atomic E-state index is 5.50. The van der Waals surface area contributed by atoms with Crippen LogP contribution in [0, 0.1) is 13.8 Å². The molecule has 1 heterocycles. The predicted octanol–water partition coefficient (Wildman–Crippen LogP) is 3.53. The molecule has 0 bridgehead atoms. The zero-order chi connectivity index (χ0) is 15.4. The summed E-state index contributed by atoms with van der Waals surface area (Å²) < 4.78 is 5.50. The Bertz CT molecular complexity index is 611. The molecule has 0 amide bonds. The summed E-state index contributed by atoms with van der Waals surface area (Å²) in [4.78, 5) is 10.1. The summed E-state index contributed by atoms with van der Waals surface area (Å²) >= 11 is 1.57. The van der Waals surface area contributed by atoms with Crippen LogP contribution in [0.2, 0.25) is 0 Å². The van der Waals surface area contributed by atoms with E-state index in [4.69, 9.17) is 4.74 Å². The third kappa shape index (κ3) is 3.74. The summed E-state index contributed by atoms with van der Waals surface area (Å²) in [6.07, 6.45) is 0. The molecular formula is C16H21N3OS. The molecule has 0 aliphatic heterocycles. The molecule has 0 saturated carbocycles. The molecule has 0 aliphatic carbocycles. The van der Waals surface area contributed by atoms with Crippen LogP contribution in [0.4, 0.5) is 0 Å². The van der Waals surface area contributed by atoms with Gasteiger partial charge in [-0.05, 0) is 57.8 Å². The summed E-state index contributed by atoms with van der Waals surface area (Å²) in [7, 11) is 3.64. The molecule has 1 unspecified atom stereocenters. The maximum atomic E-state index is 5.50. The summed E-state index contributed by atoms with van der Waals surface area (Å²) in [6.45, 7) is 6.09. The van der Waals surface area contributed by atoms with E-state index in [0.29, 0.717) is 0 Å². The van der Waals surface area contributed by atoms with Crippen LogP contribution in [-0.4, -0.2) is 24.1 Å². The molecule has 1 aromatic carbocycles. The van der Waals surface area contributed by atoms with Crippen molar-refractivity contribution >= 4 is 11.8 Å². The van der Waals surface area contributed by atoms with Crippen LogP contribution in [-0.2, 0) is 0 Å². The van der Waals surface area contributed by atoms with E-state index < -0.39 is 0 Å². The second-order valence-corrected chi connectivity index (χ2v) is 5.93. The van der Waals surface area contributed by atoms with E-state index in [1.54, 1.807) is 18.9 Å². The van der Waals surface area contributed by atoms with E-state index >= 15 is 0 Å². The van der Waals surface area contributed by atoms with Crippen molar-refractivity contribution in [2.75, 3.05) is 14.2 Å². The van der Waals surface area contributed by atoms with Crippen molar-refractivity contribution in [3.63, 3.8) is 0 Å². The van der Waals surface area contributed by atoms with Crippen molar-refractivity contribution in [1.29, 1.82) is 0 Å². The Morgan fingerprint density at radius 3 is 2.43 bits per heavy atom. The smallest absolute Gasteiger partial charge is 0.192 e. The molecule has 0 spiro atoms. The van der Waals surface area contributed by atoms with E-state index in [9.17, 15) is 0 Å². The lowest BCUT2D eigenvalue weighted by Gasteiger charge is -2.18. The Labute approximate surface area is 130 Å². The van der Waals surface area contributed by atoms with E-state index in [-0.39, 0.29) is 6.04 Å². The van der Waals surface area contributed by atoms with Crippen LogP contribution in [0.1, 0.15) is 29.9 Å². The van der Waals surface area contributed by atoms with Crippen LogP contribution < -0.4 is 10.1 Å². The third-order valence-electron chi connectivity index (χ3n) is 3.28. The number of hydrogen-bond donors (Lipinski definition) is 1. The highest BCUT2D eigenvalue weighted by atomic mass is 32.2. The fourth-order valence-corrected chi connectivity index (χ4v) is 3.31. The Balaban J connectivity index is 2.43. The Kier molecular flexibility index (Phi) is 5.20. The summed E-state index contributed by atoms with van der Waals surface area (Å²) in [5, 5.41) is 4.04. The van der Waals surface area contributed by atoms with Gasteiger partial charge in [-0.15, -0.1) is 0 Å². The second-order valence-electron chi connectivity index (χ2n) is 4.92. The number of nitrogens with one attached hydrogen (secondary N) is 1. The molecule has 1 atom stereocenters. The number of methoxy groups -OCH3 is 1. The van der Waals surface area contributed by atoms with Gasteiger partial charge in [0, 0.05) is 27.9 Å². The van der Waals surface area contributed by atoms with Crippen LogP contribution in [0.5, 0.6) is 5.75 Å². The maximum Gasteiger partial charge on any atom is 0.192 e. The van der Waals surface area contributed by atoms with Gasteiger partial charge in [0.2, 0.25) is 0 Å². The Morgan fingerprint density at radius 2 is 1.86 bits per heavy atom. The minimum absolute atomic E-state index is 0.189. The zero-order valence-corrected chi connectivity index (χ0v) is 13.9. The Morgan fingerprint density at radius 1 is 1.19 bits per heavy atom. The largest absolute Gasteiger partial charge is 0.496 e. The molecule has 2 aromatic rings. The molecule has 0 aliphatic rings. The summed E-state index contributed by atoms with van der Waals surface area (Å²) in [6, 6.07) is 8.23. The molecule has 0 saturated heterocycles. The highest BCUT2D eigenvalue weighted by Gasteiger charge is 2.16. The molecule has 0 radical (unpaired) electrons. The predicted molar refractivity (Wildman–Crippen MR) is 86.1 cm³/mol. The van der Waals surface area contributed by atoms with Crippen molar-refractivity contribution < 1.29 is 4.74 Å². The van der Waals surface area contributed by atoms with E-state index in [1.807, 2.05) is 39.1 Å². The van der Waals surface area contributed by atoms with Crippen molar-refractivity contribution in [3.05, 3.63) is 41.2 Å². The lowest BCUT2D eigenvalue weighted by atomic mass is 10.1. The average molecular weight is 303 g/mol. The van der Waals surface area contributed by atoms with Gasteiger partial charge < -0.3 is 10.1 Å². The quantitative estimate of drug-likeness (QED) is 0.856. The fourth-order valence-electron chi connectivity index (χ4n) is 2.20. The number of aryl methyl sites for hydroxylation is 2. The van der Waals surface area contributed by atoms with Gasteiger partial charge in [-0.1, -0.05) is 6.07 Å². The molecule has 0 fully saturated rings. The van der Waals surface area contributed by atoms with Gasteiger partial charge in [0.25, 0.3) is 0 Å². The number of hydrogen-bond acceptors (Lipinski definition) is 5.